The smallest absolute Gasteiger partial charge is 0.262 e. The van der Waals surface area contributed by atoms with E-state index in [1.54, 1.807) is 30.6 Å². The fraction of sp³-hybridized carbons (Fsp3) is 0.259. The lowest BCUT2D eigenvalue weighted by molar-refractivity contribution is -0.121. The number of thiophene rings is 1. The number of ether oxygens (including phenoxy) is 2. The number of halogens is 1. The molecule has 1 aliphatic rings. The molecule has 2 aromatic heterocycles. The van der Waals surface area contributed by atoms with Crippen LogP contribution < -0.4 is 20.5 Å². The van der Waals surface area contributed by atoms with Crippen molar-refractivity contribution in [2.75, 3.05) is 7.11 Å². The minimum absolute atomic E-state index is 0.157. The van der Waals surface area contributed by atoms with E-state index in [0.29, 0.717) is 23.5 Å². The Bertz CT molecular complexity index is 1530. The molecule has 0 atom stereocenters. The van der Waals surface area contributed by atoms with E-state index >= 15 is 0 Å². The summed E-state index contributed by atoms with van der Waals surface area (Å²) in [6, 6.07) is 13.3. The largest absolute Gasteiger partial charge is 0.493 e. The molecule has 2 heterocycles. The van der Waals surface area contributed by atoms with Crippen LogP contribution in [0.4, 0.5) is 0 Å². The Balaban J connectivity index is 1.21. The van der Waals surface area contributed by atoms with Crippen molar-refractivity contribution in [2.24, 2.45) is 5.10 Å². The minimum Gasteiger partial charge on any atom is -0.493 e. The highest BCUT2D eigenvalue weighted by atomic mass is 79.9. The second-order valence-corrected chi connectivity index (χ2v) is 10.7. The number of rotatable bonds is 8. The summed E-state index contributed by atoms with van der Waals surface area (Å²) in [5.74, 6) is 0.743. The van der Waals surface area contributed by atoms with E-state index < -0.39 is 5.91 Å². The molecule has 5 rings (SSSR count). The molecular formula is C27H25BrN4O4S. The number of nitrogens with one attached hydrogen (secondary N) is 1. The number of aryl methyl sites for hydroxylation is 2. The number of nitrogens with zero attached hydrogens (tertiary/aromatic N) is 3. The molecule has 0 fully saturated rings. The van der Waals surface area contributed by atoms with Crippen molar-refractivity contribution in [3.05, 3.63) is 85.2 Å². The van der Waals surface area contributed by atoms with E-state index in [2.05, 4.69) is 31.4 Å². The summed E-state index contributed by atoms with van der Waals surface area (Å²) in [5, 5.41) is 4.70. The second-order valence-electron chi connectivity index (χ2n) is 8.69. The highest BCUT2D eigenvalue weighted by Gasteiger charge is 2.20. The van der Waals surface area contributed by atoms with Crippen LogP contribution in [0, 0.1) is 0 Å². The summed E-state index contributed by atoms with van der Waals surface area (Å²) in [6.07, 6.45) is 7.05. The summed E-state index contributed by atoms with van der Waals surface area (Å²) >= 11 is 5.01. The molecule has 10 heteroatoms. The first kappa shape index (κ1) is 25.2. The van der Waals surface area contributed by atoms with E-state index in [4.69, 9.17) is 9.47 Å². The average Bonchev–Trinajstić information content (AvgIpc) is 3.29. The topological polar surface area (TPSA) is 94.8 Å². The van der Waals surface area contributed by atoms with Crippen molar-refractivity contribution in [2.45, 2.75) is 38.8 Å². The molecule has 4 aromatic rings. The fourth-order valence-corrected chi connectivity index (χ4v) is 5.77. The number of carbonyl (C=O) groups excluding carboxylic acids is 1. The van der Waals surface area contributed by atoms with Crippen LogP contribution in [0.25, 0.3) is 10.2 Å². The third-order valence-corrected chi connectivity index (χ3v) is 7.88. The number of aromatic nitrogens is 2. The van der Waals surface area contributed by atoms with Gasteiger partial charge in [-0.3, -0.25) is 14.2 Å². The van der Waals surface area contributed by atoms with Crippen LogP contribution in [-0.4, -0.2) is 28.8 Å². The van der Waals surface area contributed by atoms with Crippen LogP contribution in [0.5, 0.6) is 11.5 Å². The quantitative estimate of drug-likeness (QED) is 0.238. The van der Waals surface area contributed by atoms with Gasteiger partial charge in [0.25, 0.3) is 11.5 Å². The Morgan fingerprint density at radius 3 is 2.81 bits per heavy atom. The molecule has 190 valence electrons. The van der Waals surface area contributed by atoms with Crippen LogP contribution in [0.1, 0.15) is 34.4 Å². The zero-order valence-corrected chi connectivity index (χ0v) is 22.6. The molecule has 0 saturated heterocycles. The number of hydrazone groups is 1. The molecule has 1 N–H and O–H groups in total. The SMILES string of the molecule is COc1cc(/C=N\NC(=O)Cn2cnc3sc4c(c3c2=O)CCCC4)ccc1OCc1ccc(Br)cc1. The maximum absolute atomic E-state index is 13.0. The van der Waals surface area contributed by atoms with Crippen LogP contribution in [-0.2, 0) is 30.8 Å². The standard InChI is InChI=1S/C27H25BrN4O4S/c1-35-22-12-18(8-11-21(22)36-15-17-6-9-19(28)10-7-17)13-30-31-24(33)14-32-16-29-26-25(27(32)34)20-4-2-3-5-23(20)37-26/h6-13,16H,2-5,14-15H2,1H3,(H,31,33)/b30-13-. The average molecular weight is 581 g/mol. The molecule has 0 aliphatic heterocycles. The number of methoxy groups -OCH3 is 1. The molecule has 0 unspecified atom stereocenters. The van der Waals surface area contributed by atoms with E-state index in [-0.39, 0.29) is 12.1 Å². The van der Waals surface area contributed by atoms with Crippen LogP contribution in [0.2, 0.25) is 0 Å². The third-order valence-electron chi connectivity index (χ3n) is 6.15. The van der Waals surface area contributed by atoms with E-state index in [1.807, 2.05) is 30.3 Å². The summed E-state index contributed by atoms with van der Waals surface area (Å²) in [5.41, 5.74) is 5.17. The lowest BCUT2D eigenvalue weighted by Crippen LogP contribution is -2.30. The van der Waals surface area contributed by atoms with Gasteiger partial charge in [-0.05, 0) is 72.7 Å². The number of fused-ring (bicyclic) bond motifs is 3. The van der Waals surface area contributed by atoms with Crippen LogP contribution >= 0.6 is 27.3 Å². The number of carbonyl (C=O) groups is 1. The normalized spacial score (nSPS) is 13.0. The van der Waals surface area contributed by atoms with Gasteiger partial charge < -0.3 is 9.47 Å². The third kappa shape index (κ3) is 5.75. The number of amides is 1. The molecule has 0 bridgehead atoms. The molecule has 2 aromatic carbocycles. The summed E-state index contributed by atoms with van der Waals surface area (Å²) in [4.78, 5) is 31.9. The van der Waals surface area contributed by atoms with Crippen LogP contribution in [0.15, 0.2) is 63.2 Å². The zero-order chi connectivity index (χ0) is 25.8. The van der Waals surface area contributed by atoms with Gasteiger partial charge >= 0.3 is 0 Å². The van der Waals surface area contributed by atoms with Crippen molar-refractivity contribution in [1.29, 1.82) is 0 Å². The zero-order valence-electron chi connectivity index (χ0n) is 20.2. The highest BCUT2D eigenvalue weighted by Crippen LogP contribution is 2.33. The Kier molecular flexibility index (Phi) is 7.66. The van der Waals surface area contributed by atoms with Gasteiger partial charge in [-0.25, -0.2) is 10.4 Å². The first-order valence-electron chi connectivity index (χ1n) is 11.9. The number of benzene rings is 2. The first-order chi connectivity index (χ1) is 18.0. The number of hydrogen-bond donors (Lipinski definition) is 1. The van der Waals surface area contributed by atoms with Gasteiger partial charge in [0.2, 0.25) is 0 Å². The second kappa shape index (κ2) is 11.3. The predicted molar refractivity (Wildman–Crippen MR) is 148 cm³/mol. The molecule has 0 radical (unpaired) electrons. The maximum Gasteiger partial charge on any atom is 0.262 e. The van der Waals surface area contributed by atoms with Crippen molar-refractivity contribution in [1.82, 2.24) is 15.0 Å². The van der Waals surface area contributed by atoms with E-state index in [0.717, 1.165) is 51.7 Å². The lowest BCUT2D eigenvalue weighted by atomic mass is 9.97. The fourth-order valence-electron chi connectivity index (χ4n) is 4.29. The predicted octanol–water partition coefficient (Wildman–Crippen LogP) is 4.84. The minimum atomic E-state index is -0.412. The van der Waals surface area contributed by atoms with Gasteiger partial charge in [-0.1, -0.05) is 28.1 Å². The first-order valence-corrected chi connectivity index (χ1v) is 13.5. The van der Waals surface area contributed by atoms with E-state index in [1.165, 1.54) is 22.0 Å². The highest BCUT2D eigenvalue weighted by molar-refractivity contribution is 9.10. The van der Waals surface area contributed by atoms with Gasteiger partial charge in [0, 0.05) is 9.35 Å². The van der Waals surface area contributed by atoms with Crippen LogP contribution in [0.3, 0.4) is 0 Å². The van der Waals surface area contributed by atoms with Gasteiger partial charge in [0.15, 0.2) is 11.5 Å². The molecular weight excluding hydrogens is 556 g/mol. The van der Waals surface area contributed by atoms with Gasteiger partial charge in [-0.15, -0.1) is 11.3 Å². The van der Waals surface area contributed by atoms with Crippen molar-refractivity contribution < 1.29 is 14.3 Å². The molecule has 0 spiro atoms. The van der Waals surface area contributed by atoms with Crippen molar-refractivity contribution in [3.63, 3.8) is 0 Å². The van der Waals surface area contributed by atoms with Gasteiger partial charge in [-0.2, -0.15) is 5.10 Å². The Hall–Kier alpha value is -3.50. The lowest BCUT2D eigenvalue weighted by Gasteiger charge is -2.11. The Morgan fingerprint density at radius 2 is 2.00 bits per heavy atom. The van der Waals surface area contributed by atoms with Gasteiger partial charge in [0.1, 0.15) is 18.0 Å². The summed E-state index contributed by atoms with van der Waals surface area (Å²) < 4.78 is 13.7. The molecule has 1 amide bonds. The van der Waals surface area contributed by atoms with Crippen molar-refractivity contribution in [3.8, 4) is 11.5 Å². The molecule has 37 heavy (non-hydrogen) atoms. The maximum atomic E-state index is 13.0. The molecule has 0 saturated carbocycles. The number of hydrogen-bond acceptors (Lipinski definition) is 7. The Morgan fingerprint density at radius 1 is 1.19 bits per heavy atom. The summed E-state index contributed by atoms with van der Waals surface area (Å²) in [6.45, 7) is 0.247. The summed E-state index contributed by atoms with van der Waals surface area (Å²) in [7, 11) is 1.57. The van der Waals surface area contributed by atoms with E-state index in [9.17, 15) is 9.59 Å². The Labute approximate surface area is 226 Å². The monoisotopic (exact) mass is 580 g/mol. The van der Waals surface area contributed by atoms with Crippen molar-refractivity contribution >= 4 is 49.6 Å². The molecule has 1 aliphatic carbocycles. The van der Waals surface area contributed by atoms with Gasteiger partial charge in [0.05, 0.1) is 25.0 Å². The molecule has 8 nitrogen and oxygen atoms in total.